The van der Waals surface area contributed by atoms with Crippen LogP contribution >= 0.6 is 0 Å². The number of benzene rings is 2. The van der Waals surface area contributed by atoms with E-state index in [9.17, 15) is 29.7 Å². The van der Waals surface area contributed by atoms with Gasteiger partial charge in [-0.05, 0) is 58.5 Å². The average Bonchev–Trinajstić information content (AvgIpc) is 2.77. The van der Waals surface area contributed by atoms with Crippen LogP contribution in [0.5, 0.6) is 11.5 Å². The third kappa shape index (κ3) is 4.50. The number of ether oxygens (including phenoxy) is 1. The van der Waals surface area contributed by atoms with Crippen LogP contribution in [0.4, 0.5) is 0 Å². The summed E-state index contributed by atoms with van der Waals surface area (Å²) >= 11 is 0. The van der Waals surface area contributed by atoms with Crippen LogP contribution < -0.4 is 0 Å². The number of phenolic OH excluding ortho intramolecular Hbond substituents is 2. The Morgan fingerprint density at radius 2 is 1.61 bits per heavy atom. The maximum Gasteiger partial charge on any atom is 0.306 e. The molecule has 0 saturated carbocycles. The summed E-state index contributed by atoms with van der Waals surface area (Å²) in [6, 6.07) is 6.01. The number of aliphatic carboxylic acids is 1. The lowest BCUT2D eigenvalue weighted by molar-refractivity contribution is -0.141. The number of carbonyl (C=O) groups is 3. The highest BCUT2D eigenvalue weighted by molar-refractivity contribution is 6.30. The first-order valence-electron chi connectivity index (χ1n) is 11.9. The van der Waals surface area contributed by atoms with Crippen LogP contribution in [0.1, 0.15) is 82.2 Å². The number of carboxylic acid groups (broad SMARTS) is 1. The minimum Gasteiger partial charge on any atom is -0.507 e. The van der Waals surface area contributed by atoms with Crippen molar-refractivity contribution in [2.24, 2.45) is 0 Å². The van der Waals surface area contributed by atoms with Crippen molar-refractivity contribution < 1.29 is 39.5 Å². The molecule has 0 aromatic heterocycles. The smallest absolute Gasteiger partial charge is 0.306 e. The Morgan fingerprint density at radius 3 is 2.17 bits per heavy atom. The summed E-state index contributed by atoms with van der Waals surface area (Å²) in [5.41, 5.74) is -1.54. The molecule has 0 radical (unpaired) electrons. The number of ketones is 2. The third-order valence-corrected chi connectivity index (χ3v) is 7.17. The van der Waals surface area contributed by atoms with Crippen molar-refractivity contribution in [1.82, 2.24) is 4.90 Å². The molecular weight excluding hydrogens is 466 g/mol. The van der Waals surface area contributed by atoms with E-state index in [-0.39, 0.29) is 52.1 Å². The highest BCUT2D eigenvalue weighted by atomic mass is 16.5. The Balaban J connectivity index is 1.69. The predicted octanol–water partition coefficient (Wildman–Crippen LogP) is 2.81. The zero-order valence-corrected chi connectivity index (χ0v) is 20.7. The van der Waals surface area contributed by atoms with Gasteiger partial charge in [-0.1, -0.05) is 12.1 Å². The molecule has 0 unspecified atom stereocenters. The van der Waals surface area contributed by atoms with Crippen LogP contribution in [-0.4, -0.2) is 74.7 Å². The van der Waals surface area contributed by atoms with Gasteiger partial charge in [0.2, 0.25) is 0 Å². The molecule has 0 amide bonds. The van der Waals surface area contributed by atoms with Crippen molar-refractivity contribution in [3.63, 3.8) is 0 Å². The summed E-state index contributed by atoms with van der Waals surface area (Å²) in [4.78, 5) is 39.9. The molecule has 4 rings (SSSR count). The molecule has 0 spiro atoms. The molecule has 1 heterocycles. The topological polar surface area (TPSA) is 145 Å². The molecular formula is C27H31NO8. The zero-order valence-electron chi connectivity index (χ0n) is 20.7. The number of hydrogen-bond donors (Lipinski definition) is 4. The Labute approximate surface area is 208 Å². The summed E-state index contributed by atoms with van der Waals surface area (Å²) in [7, 11) is 3.97. The maximum absolute atomic E-state index is 13.4. The third-order valence-electron chi connectivity index (χ3n) is 7.17. The van der Waals surface area contributed by atoms with Gasteiger partial charge in [-0.2, -0.15) is 0 Å². The van der Waals surface area contributed by atoms with E-state index in [0.29, 0.717) is 12.0 Å². The molecule has 1 aliphatic carbocycles. The van der Waals surface area contributed by atoms with Gasteiger partial charge in [0.05, 0.1) is 35.4 Å². The van der Waals surface area contributed by atoms with E-state index < -0.39 is 41.4 Å². The van der Waals surface area contributed by atoms with E-state index in [0.717, 1.165) is 6.42 Å². The second-order valence-electron chi connectivity index (χ2n) is 10.3. The lowest BCUT2D eigenvalue weighted by Gasteiger charge is -2.38. The molecule has 4 atom stereocenters. The van der Waals surface area contributed by atoms with Gasteiger partial charge in [-0.15, -0.1) is 0 Å². The van der Waals surface area contributed by atoms with E-state index in [4.69, 9.17) is 9.84 Å². The maximum atomic E-state index is 13.4. The lowest BCUT2D eigenvalue weighted by Crippen LogP contribution is -2.43. The number of likely N-dealkylation sites (N-methyl/N-ethyl adjacent to an activating group) is 1. The molecule has 4 N–H and O–H groups in total. The molecule has 1 saturated heterocycles. The van der Waals surface area contributed by atoms with Crippen LogP contribution in [0, 0.1) is 0 Å². The molecule has 36 heavy (non-hydrogen) atoms. The molecule has 0 bridgehead atoms. The summed E-state index contributed by atoms with van der Waals surface area (Å²) in [5, 5.41) is 41.4. The lowest BCUT2D eigenvalue weighted by atomic mass is 9.79. The number of rotatable bonds is 6. The number of phenols is 2. The molecule has 2 aromatic carbocycles. The molecule has 192 valence electrons. The van der Waals surface area contributed by atoms with Gasteiger partial charge >= 0.3 is 5.97 Å². The Hall–Kier alpha value is -3.27. The first kappa shape index (κ1) is 25.8. The van der Waals surface area contributed by atoms with Gasteiger partial charge in [0, 0.05) is 29.2 Å². The highest BCUT2D eigenvalue weighted by Gasteiger charge is 2.39. The van der Waals surface area contributed by atoms with E-state index in [1.807, 2.05) is 21.0 Å². The summed E-state index contributed by atoms with van der Waals surface area (Å²) in [6.07, 6.45) is 0.153. The van der Waals surface area contributed by atoms with Crippen molar-refractivity contribution in [3.8, 4) is 11.5 Å². The Kier molecular flexibility index (Phi) is 6.68. The number of aliphatic hydroxyl groups is 1. The minimum absolute atomic E-state index is 0.0338. The number of nitrogens with zero attached hydrogens (tertiary/aromatic N) is 1. The van der Waals surface area contributed by atoms with Crippen molar-refractivity contribution in [2.75, 3.05) is 14.1 Å². The van der Waals surface area contributed by atoms with E-state index in [1.165, 1.54) is 25.1 Å². The fourth-order valence-corrected chi connectivity index (χ4v) is 5.43. The van der Waals surface area contributed by atoms with Crippen molar-refractivity contribution >= 4 is 17.5 Å². The van der Waals surface area contributed by atoms with Crippen LogP contribution in [0.25, 0.3) is 0 Å². The molecule has 1 fully saturated rings. The molecule has 2 aliphatic rings. The van der Waals surface area contributed by atoms with Crippen molar-refractivity contribution in [3.05, 3.63) is 57.6 Å². The fraction of sp³-hybridized carbons (Fsp3) is 0.444. The van der Waals surface area contributed by atoms with Crippen molar-refractivity contribution in [1.29, 1.82) is 0 Å². The molecule has 9 heteroatoms. The number of carboxylic acids is 1. The first-order valence-corrected chi connectivity index (χ1v) is 11.9. The largest absolute Gasteiger partial charge is 0.507 e. The van der Waals surface area contributed by atoms with E-state index >= 15 is 0 Å². The van der Waals surface area contributed by atoms with Crippen LogP contribution in [-0.2, 0) is 16.0 Å². The normalized spacial score (nSPS) is 23.2. The SMILES string of the molecule is C[C@@H]1O[C@@H](c2ccc3c(c2O)C(=O)c2ccc(C[C@](C)(O)CC(=O)O)c(O)c2C3=O)CC[C@@H]1N(C)C. The summed E-state index contributed by atoms with van der Waals surface area (Å²) in [5.74, 6) is -3.23. The number of hydrogen-bond acceptors (Lipinski definition) is 8. The molecule has 9 nitrogen and oxygen atoms in total. The Morgan fingerprint density at radius 1 is 1.03 bits per heavy atom. The first-order chi connectivity index (χ1) is 16.8. The van der Waals surface area contributed by atoms with Crippen LogP contribution in [0.2, 0.25) is 0 Å². The van der Waals surface area contributed by atoms with Gasteiger partial charge in [-0.3, -0.25) is 14.4 Å². The number of fused-ring (bicyclic) bond motifs is 2. The standard InChI is InChI=1S/C27H31NO8/c1-13-18(28(3)4)9-10-19(36-13)15-7-8-17-22(24(15)32)26(34)16-6-5-14(23(31)21(16)25(17)33)11-27(2,35)12-20(29)30/h5-8,13,18-19,31-32,35H,9-12H2,1-4H3,(H,29,30)/t13-,18-,19+,27-/m0/s1. The fourth-order valence-electron chi connectivity index (χ4n) is 5.43. The molecule has 2 aromatic rings. The highest BCUT2D eigenvalue weighted by Crippen LogP contribution is 2.44. The van der Waals surface area contributed by atoms with Gasteiger partial charge in [0.1, 0.15) is 11.5 Å². The minimum atomic E-state index is -1.67. The predicted molar refractivity (Wildman–Crippen MR) is 130 cm³/mol. The Bertz CT molecular complexity index is 1250. The van der Waals surface area contributed by atoms with Gasteiger partial charge in [0.25, 0.3) is 0 Å². The zero-order chi connectivity index (χ0) is 26.5. The van der Waals surface area contributed by atoms with Crippen LogP contribution in [0.15, 0.2) is 24.3 Å². The van der Waals surface area contributed by atoms with Crippen molar-refractivity contribution in [2.45, 2.75) is 63.4 Å². The molecule has 1 aliphatic heterocycles. The quantitative estimate of drug-likeness (QED) is 0.404. The number of aromatic hydroxyl groups is 2. The van der Waals surface area contributed by atoms with Crippen LogP contribution in [0.3, 0.4) is 0 Å². The van der Waals surface area contributed by atoms with Gasteiger partial charge in [-0.25, -0.2) is 0 Å². The van der Waals surface area contributed by atoms with Gasteiger partial charge in [0.15, 0.2) is 11.6 Å². The van der Waals surface area contributed by atoms with E-state index in [2.05, 4.69) is 4.90 Å². The summed E-state index contributed by atoms with van der Waals surface area (Å²) < 4.78 is 6.15. The summed E-state index contributed by atoms with van der Waals surface area (Å²) in [6.45, 7) is 3.28. The second-order valence-corrected chi connectivity index (χ2v) is 10.3. The number of carbonyl (C=O) groups excluding carboxylic acids is 2. The second kappa shape index (κ2) is 9.31. The monoisotopic (exact) mass is 497 g/mol. The van der Waals surface area contributed by atoms with E-state index in [1.54, 1.807) is 6.07 Å². The van der Waals surface area contributed by atoms with Gasteiger partial charge < -0.3 is 30.1 Å². The average molecular weight is 498 g/mol.